The lowest BCUT2D eigenvalue weighted by Gasteiger charge is -2.29. The Kier molecular flexibility index (Phi) is 4.29. The SMILES string of the molecule is Nc1ncn(-c2ccc(OCC(=O)N(C3CCCC3)C3CC3)cc2)n1. The van der Waals surface area contributed by atoms with Crippen molar-refractivity contribution in [2.75, 3.05) is 12.3 Å². The molecule has 2 N–H and O–H groups in total. The van der Waals surface area contributed by atoms with E-state index in [1.807, 2.05) is 24.3 Å². The largest absolute Gasteiger partial charge is 0.484 e. The zero-order valence-electron chi connectivity index (χ0n) is 14.2. The number of amides is 1. The number of aromatic nitrogens is 3. The van der Waals surface area contributed by atoms with Crippen LogP contribution >= 0.6 is 0 Å². The van der Waals surface area contributed by atoms with Crippen molar-refractivity contribution in [3.63, 3.8) is 0 Å². The van der Waals surface area contributed by atoms with E-state index in [-0.39, 0.29) is 18.5 Å². The lowest BCUT2D eigenvalue weighted by molar-refractivity contribution is -0.136. The molecule has 7 nitrogen and oxygen atoms in total. The summed E-state index contributed by atoms with van der Waals surface area (Å²) in [6.45, 7) is 0.0998. The van der Waals surface area contributed by atoms with Gasteiger partial charge in [0.15, 0.2) is 6.61 Å². The average Bonchev–Trinajstić information content (AvgIpc) is 3.11. The molecule has 0 aliphatic heterocycles. The number of nitrogen functional groups attached to an aromatic ring is 1. The first-order valence-electron chi connectivity index (χ1n) is 8.92. The molecule has 1 aromatic carbocycles. The molecule has 1 amide bonds. The van der Waals surface area contributed by atoms with Crippen molar-refractivity contribution in [3.05, 3.63) is 30.6 Å². The number of benzene rings is 1. The lowest BCUT2D eigenvalue weighted by atomic mass is 10.2. The summed E-state index contributed by atoms with van der Waals surface area (Å²) in [5.74, 6) is 1.02. The molecule has 2 saturated carbocycles. The zero-order chi connectivity index (χ0) is 17.2. The summed E-state index contributed by atoms with van der Waals surface area (Å²) < 4.78 is 7.32. The molecule has 0 atom stereocenters. The van der Waals surface area contributed by atoms with Crippen LogP contribution in [-0.2, 0) is 4.79 Å². The molecule has 0 radical (unpaired) electrons. The quantitative estimate of drug-likeness (QED) is 0.870. The number of carbonyl (C=O) groups excluding carboxylic acids is 1. The van der Waals surface area contributed by atoms with Gasteiger partial charge in [-0.3, -0.25) is 4.79 Å². The molecule has 25 heavy (non-hydrogen) atoms. The third-order valence-electron chi connectivity index (χ3n) is 4.92. The molecule has 1 aromatic heterocycles. The van der Waals surface area contributed by atoms with Crippen LogP contribution in [0.25, 0.3) is 5.69 Å². The van der Waals surface area contributed by atoms with E-state index in [2.05, 4.69) is 15.0 Å². The van der Waals surface area contributed by atoms with Crippen LogP contribution in [0.15, 0.2) is 30.6 Å². The molecular formula is C18H23N5O2. The zero-order valence-corrected chi connectivity index (χ0v) is 14.2. The molecule has 1 heterocycles. The van der Waals surface area contributed by atoms with Crippen LogP contribution in [-0.4, -0.2) is 44.3 Å². The second kappa shape index (κ2) is 6.74. The Hall–Kier alpha value is -2.57. The van der Waals surface area contributed by atoms with E-state index < -0.39 is 0 Å². The van der Waals surface area contributed by atoms with Crippen molar-refractivity contribution in [2.45, 2.75) is 50.6 Å². The van der Waals surface area contributed by atoms with Gasteiger partial charge in [0.05, 0.1) is 5.69 Å². The maximum Gasteiger partial charge on any atom is 0.261 e. The van der Waals surface area contributed by atoms with Gasteiger partial charge in [0.1, 0.15) is 12.1 Å². The van der Waals surface area contributed by atoms with Gasteiger partial charge in [-0.2, -0.15) is 0 Å². The molecule has 132 valence electrons. The Morgan fingerprint density at radius 1 is 1.16 bits per heavy atom. The fraction of sp³-hybridized carbons (Fsp3) is 0.500. The molecule has 2 aliphatic rings. The highest BCUT2D eigenvalue weighted by molar-refractivity contribution is 5.79. The van der Waals surface area contributed by atoms with E-state index in [1.54, 1.807) is 11.0 Å². The Bertz CT molecular complexity index is 732. The van der Waals surface area contributed by atoms with Crippen LogP contribution in [0.3, 0.4) is 0 Å². The van der Waals surface area contributed by atoms with Crippen LogP contribution in [0, 0.1) is 0 Å². The smallest absolute Gasteiger partial charge is 0.261 e. The van der Waals surface area contributed by atoms with Gasteiger partial charge in [0, 0.05) is 12.1 Å². The molecule has 0 spiro atoms. The highest BCUT2D eigenvalue weighted by Crippen LogP contribution is 2.34. The summed E-state index contributed by atoms with van der Waals surface area (Å²) in [6, 6.07) is 8.26. The van der Waals surface area contributed by atoms with E-state index in [9.17, 15) is 4.79 Å². The van der Waals surface area contributed by atoms with Gasteiger partial charge in [-0.25, -0.2) is 9.67 Å². The number of carbonyl (C=O) groups is 1. The van der Waals surface area contributed by atoms with Gasteiger partial charge in [-0.05, 0) is 49.9 Å². The minimum absolute atomic E-state index is 0.0998. The normalized spacial score (nSPS) is 17.6. The fourth-order valence-electron chi connectivity index (χ4n) is 3.56. The number of hydrogen-bond donors (Lipinski definition) is 1. The maximum absolute atomic E-state index is 12.6. The van der Waals surface area contributed by atoms with Crippen LogP contribution in [0.1, 0.15) is 38.5 Å². The molecule has 2 aliphatic carbocycles. The molecule has 7 heteroatoms. The van der Waals surface area contributed by atoms with Crippen molar-refractivity contribution in [1.29, 1.82) is 0 Å². The van der Waals surface area contributed by atoms with Crippen LogP contribution in [0.2, 0.25) is 0 Å². The van der Waals surface area contributed by atoms with Crippen molar-refractivity contribution >= 4 is 11.9 Å². The Morgan fingerprint density at radius 2 is 1.84 bits per heavy atom. The van der Waals surface area contributed by atoms with E-state index in [1.165, 1.54) is 12.8 Å². The molecule has 0 bridgehead atoms. The molecular weight excluding hydrogens is 318 g/mol. The highest BCUT2D eigenvalue weighted by Gasteiger charge is 2.38. The second-order valence-electron chi connectivity index (χ2n) is 6.80. The first-order valence-corrected chi connectivity index (χ1v) is 8.92. The maximum atomic E-state index is 12.6. The summed E-state index contributed by atoms with van der Waals surface area (Å²) in [5, 5.41) is 4.06. The van der Waals surface area contributed by atoms with Crippen molar-refractivity contribution in [3.8, 4) is 11.4 Å². The van der Waals surface area contributed by atoms with Gasteiger partial charge < -0.3 is 15.4 Å². The molecule has 0 unspecified atom stereocenters. The van der Waals surface area contributed by atoms with Crippen LogP contribution in [0.5, 0.6) is 5.75 Å². The number of anilines is 1. The first kappa shape index (κ1) is 15.9. The highest BCUT2D eigenvalue weighted by atomic mass is 16.5. The topological polar surface area (TPSA) is 86.3 Å². The van der Waals surface area contributed by atoms with Crippen molar-refractivity contribution < 1.29 is 9.53 Å². The number of hydrogen-bond acceptors (Lipinski definition) is 5. The van der Waals surface area contributed by atoms with Crippen LogP contribution < -0.4 is 10.5 Å². The monoisotopic (exact) mass is 341 g/mol. The number of nitrogens with zero attached hydrogens (tertiary/aromatic N) is 4. The number of nitrogens with two attached hydrogens (primary N) is 1. The van der Waals surface area contributed by atoms with Gasteiger partial charge in [0.2, 0.25) is 5.95 Å². The van der Waals surface area contributed by atoms with Gasteiger partial charge in [-0.1, -0.05) is 12.8 Å². The summed E-state index contributed by atoms with van der Waals surface area (Å²) >= 11 is 0. The average molecular weight is 341 g/mol. The van der Waals surface area contributed by atoms with Crippen molar-refractivity contribution in [1.82, 2.24) is 19.7 Å². The van der Waals surface area contributed by atoms with Gasteiger partial charge >= 0.3 is 0 Å². The van der Waals surface area contributed by atoms with E-state index in [0.717, 1.165) is 31.4 Å². The summed E-state index contributed by atoms with van der Waals surface area (Å²) in [5.41, 5.74) is 6.37. The number of rotatable bonds is 6. The fourth-order valence-corrected chi connectivity index (χ4v) is 3.56. The molecule has 2 aromatic rings. The van der Waals surface area contributed by atoms with Gasteiger partial charge in [0.25, 0.3) is 5.91 Å². The van der Waals surface area contributed by atoms with E-state index >= 15 is 0 Å². The van der Waals surface area contributed by atoms with E-state index in [4.69, 9.17) is 10.5 Å². The third kappa shape index (κ3) is 3.60. The Morgan fingerprint density at radius 3 is 2.44 bits per heavy atom. The molecule has 2 fully saturated rings. The van der Waals surface area contributed by atoms with E-state index in [0.29, 0.717) is 17.8 Å². The number of ether oxygens (including phenoxy) is 1. The Balaban J connectivity index is 1.36. The van der Waals surface area contributed by atoms with Crippen LogP contribution in [0.4, 0.5) is 5.95 Å². The second-order valence-corrected chi connectivity index (χ2v) is 6.80. The molecule has 4 rings (SSSR count). The standard InChI is InChI=1S/C18H23N5O2/c19-18-20-12-22(21-18)13-7-9-16(10-8-13)25-11-17(24)23(15-5-6-15)14-3-1-2-4-14/h7-10,12,14-15H,1-6,11H2,(H2,19,21). The minimum Gasteiger partial charge on any atom is -0.484 e. The lowest BCUT2D eigenvalue weighted by Crippen LogP contribution is -2.43. The van der Waals surface area contributed by atoms with Gasteiger partial charge in [-0.15, -0.1) is 5.10 Å². The molecule has 0 saturated heterocycles. The summed E-state index contributed by atoms with van der Waals surface area (Å²) in [4.78, 5) is 18.6. The summed E-state index contributed by atoms with van der Waals surface area (Å²) in [7, 11) is 0. The predicted octanol–water partition coefficient (Wildman–Crippen LogP) is 2.16. The predicted molar refractivity (Wildman–Crippen MR) is 93.4 cm³/mol. The minimum atomic E-state index is 0.0998. The Labute approximate surface area is 146 Å². The summed E-state index contributed by atoms with van der Waals surface area (Å²) in [6.07, 6.45) is 8.57. The van der Waals surface area contributed by atoms with Crippen molar-refractivity contribution in [2.24, 2.45) is 0 Å². The first-order chi connectivity index (χ1) is 12.2. The third-order valence-corrected chi connectivity index (χ3v) is 4.92.